The number of rotatable bonds is 2. The van der Waals surface area contributed by atoms with Crippen molar-refractivity contribution in [3.8, 4) is 0 Å². The molecule has 0 aromatic heterocycles. The van der Waals surface area contributed by atoms with Crippen molar-refractivity contribution < 1.29 is 8.42 Å². The number of nitrogens with zero attached hydrogens (tertiary/aromatic N) is 1. The predicted octanol–water partition coefficient (Wildman–Crippen LogP) is 3.66. The summed E-state index contributed by atoms with van der Waals surface area (Å²) in [6.45, 7) is 5.21. The van der Waals surface area contributed by atoms with Gasteiger partial charge in [0.15, 0.2) is 0 Å². The number of hydrogen-bond acceptors (Lipinski definition) is 2. The molecule has 0 bridgehead atoms. The molecule has 2 rings (SSSR count). The van der Waals surface area contributed by atoms with Crippen molar-refractivity contribution >= 4 is 33.2 Å². The van der Waals surface area contributed by atoms with Crippen molar-refractivity contribution in [3.05, 3.63) is 28.2 Å². The van der Waals surface area contributed by atoms with Crippen LogP contribution in [0.4, 0.5) is 0 Å². The van der Waals surface area contributed by atoms with E-state index < -0.39 is 10.0 Å². The highest BCUT2D eigenvalue weighted by molar-refractivity contribution is 7.89. The smallest absolute Gasteiger partial charge is 0.207 e. The third-order valence-corrected chi connectivity index (χ3v) is 5.89. The number of halogens is 2. The minimum absolute atomic E-state index is 0.1000. The zero-order valence-electron chi connectivity index (χ0n) is 10.9. The van der Waals surface area contributed by atoms with Gasteiger partial charge in [-0.3, -0.25) is 0 Å². The topological polar surface area (TPSA) is 37.4 Å². The first-order valence-corrected chi connectivity index (χ1v) is 8.45. The van der Waals surface area contributed by atoms with Gasteiger partial charge in [0.2, 0.25) is 10.0 Å². The lowest BCUT2D eigenvalue weighted by atomic mass is 9.94. The van der Waals surface area contributed by atoms with E-state index in [1.807, 2.05) is 0 Å². The Kier molecular flexibility index (Phi) is 4.45. The van der Waals surface area contributed by atoms with Gasteiger partial charge in [0.25, 0.3) is 0 Å². The van der Waals surface area contributed by atoms with E-state index in [2.05, 4.69) is 13.8 Å². The lowest BCUT2D eigenvalue weighted by molar-refractivity contribution is 0.222. The van der Waals surface area contributed by atoms with Gasteiger partial charge in [-0.2, -0.15) is 4.31 Å². The van der Waals surface area contributed by atoms with Gasteiger partial charge >= 0.3 is 0 Å². The maximum Gasteiger partial charge on any atom is 0.244 e. The molecule has 1 fully saturated rings. The second kappa shape index (κ2) is 5.60. The van der Waals surface area contributed by atoms with Crippen molar-refractivity contribution in [2.45, 2.75) is 25.2 Å². The van der Waals surface area contributed by atoms with Gasteiger partial charge in [0, 0.05) is 18.1 Å². The molecule has 106 valence electrons. The highest BCUT2D eigenvalue weighted by atomic mass is 35.5. The Hall–Kier alpha value is -0.290. The molecule has 19 heavy (non-hydrogen) atoms. The van der Waals surface area contributed by atoms with Crippen LogP contribution in [-0.2, 0) is 10.0 Å². The second-order valence-electron chi connectivity index (χ2n) is 5.34. The van der Waals surface area contributed by atoms with E-state index in [0.29, 0.717) is 29.9 Å². The summed E-state index contributed by atoms with van der Waals surface area (Å²) < 4.78 is 26.8. The summed E-state index contributed by atoms with van der Waals surface area (Å²) in [6.07, 6.45) is 1.05. The summed E-state index contributed by atoms with van der Waals surface area (Å²) in [5.74, 6) is 0.716. The molecular formula is C13H17Cl2NO2S. The molecule has 1 aromatic rings. The Morgan fingerprint density at radius 1 is 1.16 bits per heavy atom. The van der Waals surface area contributed by atoms with Gasteiger partial charge in [-0.25, -0.2) is 8.42 Å². The van der Waals surface area contributed by atoms with E-state index >= 15 is 0 Å². The molecular weight excluding hydrogens is 305 g/mol. The Morgan fingerprint density at radius 2 is 1.74 bits per heavy atom. The van der Waals surface area contributed by atoms with E-state index in [1.54, 1.807) is 6.07 Å². The first-order valence-electron chi connectivity index (χ1n) is 6.26. The maximum atomic E-state index is 12.6. The van der Waals surface area contributed by atoms with Crippen molar-refractivity contribution in [2.75, 3.05) is 13.1 Å². The van der Waals surface area contributed by atoms with Crippen LogP contribution in [0.2, 0.25) is 10.0 Å². The molecule has 0 radical (unpaired) electrons. The van der Waals surface area contributed by atoms with Crippen LogP contribution in [-0.4, -0.2) is 25.8 Å². The summed E-state index contributed by atoms with van der Waals surface area (Å²) >= 11 is 11.9. The Bertz CT molecular complexity index is 564. The van der Waals surface area contributed by atoms with Gasteiger partial charge in [-0.1, -0.05) is 37.0 Å². The minimum atomic E-state index is -3.56. The van der Waals surface area contributed by atoms with Crippen molar-refractivity contribution in [3.63, 3.8) is 0 Å². The van der Waals surface area contributed by atoms with E-state index in [1.165, 1.54) is 16.4 Å². The monoisotopic (exact) mass is 321 g/mol. The van der Waals surface area contributed by atoms with Crippen molar-refractivity contribution in [2.24, 2.45) is 11.8 Å². The molecule has 6 heteroatoms. The highest BCUT2D eigenvalue weighted by Crippen LogP contribution is 2.31. The zero-order valence-corrected chi connectivity index (χ0v) is 13.3. The molecule has 1 saturated heterocycles. The second-order valence-corrected chi connectivity index (χ2v) is 8.09. The number of piperidine rings is 1. The maximum absolute atomic E-state index is 12.6. The van der Waals surface area contributed by atoms with Crippen LogP contribution < -0.4 is 0 Å². The lowest BCUT2D eigenvalue weighted by Crippen LogP contribution is -2.42. The van der Waals surface area contributed by atoms with E-state index in [9.17, 15) is 8.42 Å². The average Bonchev–Trinajstić information content (AvgIpc) is 2.31. The molecule has 2 unspecified atom stereocenters. The quantitative estimate of drug-likeness (QED) is 0.833. The normalized spacial score (nSPS) is 25.5. The first kappa shape index (κ1) is 15.1. The Balaban J connectivity index is 2.39. The molecule has 0 spiro atoms. The van der Waals surface area contributed by atoms with Crippen LogP contribution >= 0.6 is 23.2 Å². The lowest BCUT2D eigenvalue weighted by Gasteiger charge is -2.34. The van der Waals surface area contributed by atoms with Crippen LogP contribution in [0.25, 0.3) is 0 Å². The van der Waals surface area contributed by atoms with Crippen molar-refractivity contribution in [1.29, 1.82) is 0 Å². The SMILES string of the molecule is CC1CC(C)CN(S(=O)(=O)c2cc(Cl)ccc2Cl)C1. The molecule has 0 N–H and O–H groups in total. The molecule has 1 aliphatic rings. The largest absolute Gasteiger partial charge is 0.244 e. The van der Waals surface area contributed by atoms with Crippen LogP contribution in [0.3, 0.4) is 0 Å². The third-order valence-electron chi connectivity index (χ3n) is 3.35. The molecule has 0 amide bonds. The van der Waals surface area contributed by atoms with Crippen LogP contribution in [0, 0.1) is 11.8 Å². The van der Waals surface area contributed by atoms with Gasteiger partial charge in [-0.05, 0) is 36.5 Å². The van der Waals surface area contributed by atoms with Crippen LogP contribution in [0.15, 0.2) is 23.1 Å². The average molecular weight is 322 g/mol. The van der Waals surface area contributed by atoms with Gasteiger partial charge < -0.3 is 0 Å². The molecule has 2 atom stereocenters. The zero-order chi connectivity index (χ0) is 14.2. The van der Waals surface area contributed by atoms with Crippen LogP contribution in [0.5, 0.6) is 0 Å². The number of hydrogen-bond donors (Lipinski definition) is 0. The van der Waals surface area contributed by atoms with Crippen LogP contribution in [0.1, 0.15) is 20.3 Å². The Labute approximate surface area is 124 Å². The summed E-state index contributed by atoms with van der Waals surface area (Å²) in [4.78, 5) is 0.1000. The molecule has 1 aliphatic heterocycles. The van der Waals surface area contributed by atoms with E-state index in [0.717, 1.165) is 6.42 Å². The van der Waals surface area contributed by atoms with Gasteiger partial charge in [-0.15, -0.1) is 0 Å². The van der Waals surface area contributed by atoms with Gasteiger partial charge in [0.1, 0.15) is 4.90 Å². The predicted molar refractivity (Wildman–Crippen MR) is 78.2 cm³/mol. The molecule has 1 aromatic carbocycles. The summed E-state index contributed by atoms with van der Waals surface area (Å²) in [5.41, 5.74) is 0. The van der Waals surface area contributed by atoms with E-state index in [-0.39, 0.29) is 9.92 Å². The highest BCUT2D eigenvalue weighted by Gasteiger charge is 2.32. The standard InChI is InChI=1S/C13H17Cl2NO2S/c1-9-5-10(2)8-16(7-9)19(17,18)13-6-11(14)3-4-12(13)15/h3-4,6,9-10H,5,7-8H2,1-2H3. The molecule has 1 heterocycles. The first-order chi connectivity index (χ1) is 8.80. The molecule has 0 aliphatic carbocycles. The third kappa shape index (κ3) is 3.24. The van der Waals surface area contributed by atoms with E-state index in [4.69, 9.17) is 23.2 Å². The number of sulfonamides is 1. The minimum Gasteiger partial charge on any atom is -0.207 e. The summed E-state index contributed by atoms with van der Waals surface area (Å²) in [7, 11) is -3.56. The van der Waals surface area contributed by atoms with Gasteiger partial charge in [0.05, 0.1) is 5.02 Å². The Morgan fingerprint density at radius 3 is 2.32 bits per heavy atom. The summed E-state index contributed by atoms with van der Waals surface area (Å²) in [5, 5.41) is 0.594. The summed E-state index contributed by atoms with van der Waals surface area (Å²) in [6, 6.07) is 4.53. The number of benzene rings is 1. The molecule has 0 saturated carbocycles. The molecule has 3 nitrogen and oxygen atoms in total. The van der Waals surface area contributed by atoms with Crippen molar-refractivity contribution in [1.82, 2.24) is 4.31 Å². The fourth-order valence-corrected chi connectivity index (χ4v) is 5.03. The fraction of sp³-hybridized carbons (Fsp3) is 0.538. The fourth-order valence-electron chi connectivity index (χ4n) is 2.62.